The summed E-state index contributed by atoms with van der Waals surface area (Å²) in [7, 11) is 4.62. The van der Waals surface area contributed by atoms with Crippen molar-refractivity contribution in [1.29, 1.82) is 0 Å². The Kier molecular flexibility index (Phi) is 5.93. The number of amides is 1. The molecule has 140 valence electrons. The van der Waals surface area contributed by atoms with Crippen LogP contribution in [0, 0.1) is 0 Å². The van der Waals surface area contributed by atoms with Crippen molar-refractivity contribution in [2.24, 2.45) is 4.99 Å². The predicted octanol–water partition coefficient (Wildman–Crippen LogP) is 4.26. The summed E-state index contributed by atoms with van der Waals surface area (Å²) in [6, 6.07) is 10.6. The minimum absolute atomic E-state index is 0.227. The number of halogens is 1. The van der Waals surface area contributed by atoms with Gasteiger partial charge in [-0.05, 0) is 53.7 Å². The molecule has 6 nitrogen and oxygen atoms in total. The number of methoxy groups -OCH3 is 3. The number of carbonyl (C=O) groups is 1. The molecule has 0 atom stereocenters. The van der Waals surface area contributed by atoms with E-state index < -0.39 is 0 Å². The number of aliphatic imine (C=N–C) groups is 1. The number of benzene rings is 2. The summed E-state index contributed by atoms with van der Waals surface area (Å²) >= 11 is 7.21. The molecule has 1 aliphatic rings. The van der Waals surface area contributed by atoms with E-state index in [0.717, 1.165) is 5.56 Å². The van der Waals surface area contributed by atoms with E-state index in [4.69, 9.17) is 25.8 Å². The van der Waals surface area contributed by atoms with Crippen molar-refractivity contribution >= 4 is 46.2 Å². The Morgan fingerprint density at radius 1 is 1.07 bits per heavy atom. The number of ether oxygens (including phenoxy) is 3. The topological polar surface area (TPSA) is 69.2 Å². The molecule has 8 heteroatoms. The number of thioether (sulfide) groups is 1. The van der Waals surface area contributed by atoms with E-state index in [2.05, 4.69) is 10.3 Å². The first-order valence-corrected chi connectivity index (χ1v) is 9.08. The van der Waals surface area contributed by atoms with Gasteiger partial charge in [0.25, 0.3) is 5.91 Å². The summed E-state index contributed by atoms with van der Waals surface area (Å²) < 4.78 is 16.0. The van der Waals surface area contributed by atoms with Crippen LogP contribution in [0.1, 0.15) is 5.56 Å². The Morgan fingerprint density at radius 2 is 1.78 bits per heavy atom. The molecule has 0 spiro atoms. The van der Waals surface area contributed by atoms with Crippen molar-refractivity contribution < 1.29 is 19.0 Å². The first-order valence-electron chi connectivity index (χ1n) is 7.89. The highest BCUT2D eigenvalue weighted by atomic mass is 35.5. The monoisotopic (exact) mass is 404 g/mol. The minimum atomic E-state index is -0.227. The van der Waals surface area contributed by atoms with Crippen LogP contribution in [0.25, 0.3) is 6.08 Å². The smallest absolute Gasteiger partial charge is 0.264 e. The van der Waals surface area contributed by atoms with Gasteiger partial charge in [-0.15, -0.1) is 0 Å². The van der Waals surface area contributed by atoms with Crippen molar-refractivity contribution in [3.8, 4) is 17.2 Å². The second-order valence-electron chi connectivity index (χ2n) is 5.42. The van der Waals surface area contributed by atoms with Gasteiger partial charge >= 0.3 is 0 Å². The highest BCUT2D eigenvalue weighted by Gasteiger charge is 2.24. The molecular weight excluding hydrogens is 388 g/mol. The van der Waals surface area contributed by atoms with Crippen molar-refractivity contribution in [3.05, 3.63) is 51.9 Å². The first-order chi connectivity index (χ1) is 13.0. The SMILES string of the molecule is COc1cc(C=C2SC(=Nc3cccc(Cl)c3)NC2=O)cc(OC)c1OC. The van der Waals surface area contributed by atoms with Crippen LogP contribution in [0.15, 0.2) is 46.3 Å². The maximum atomic E-state index is 12.3. The number of nitrogens with one attached hydrogen (secondary N) is 1. The number of hydrogen-bond donors (Lipinski definition) is 1. The van der Waals surface area contributed by atoms with E-state index in [1.165, 1.54) is 18.9 Å². The third kappa shape index (κ3) is 4.37. The van der Waals surface area contributed by atoms with Gasteiger partial charge in [0.1, 0.15) is 0 Å². The molecule has 1 saturated heterocycles. The molecule has 0 unspecified atom stereocenters. The van der Waals surface area contributed by atoms with Crippen LogP contribution >= 0.6 is 23.4 Å². The zero-order valence-corrected chi connectivity index (χ0v) is 16.5. The van der Waals surface area contributed by atoms with E-state index in [1.54, 1.807) is 50.6 Å². The number of hydrogen-bond acceptors (Lipinski definition) is 6. The summed E-state index contributed by atoms with van der Waals surface area (Å²) in [6.07, 6.45) is 1.74. The van der Waals surface area contributed by atoms with Gasteiger partial charge in [0, 0.05) is 5.02 Å². The molecule has 1 N–H and O–H groups in total. The molecule has 1 fully saturated rings. The highest BCUT2D eigenvalue weighted by molar-refractivity contribution is 8.18. The Morgan fingerprint density at radius 3 is 2.37 bits per heavy atom. The molecule has 27 heavy (non-hydrogen) atoms. The average Bonchev–Trinajstić information content (AvgIpc) is 2.99. The summed E-state index contributed by atoms with van der Waals surface area (Å²) in [6.45, 7) is 0. The van der Waals surface area contributed by atoms with Gasteiger partial charge in [0.05, 0.1) is 31.9 Å². The zero-order chi connectivity index (χ0) is 19.4. The lowest BCUT2D eigenvalue weighted by Crippen LogP contribution is -2.19. The largest absolute Gasteiger partial charge is 0.493 e. The standard InChI is InChI=1S/C19H17ClN2O4S/c1-24-14-7-11(8-15(25-2)17(14)26-3)9-16-18(23)22-19(27-16)21-13-6-4-5-12(20)10-13/h4-10H,1-3H3,(H,21,22,23). The zero-order valence-electron chi connectivity index (χ0n) is 14.9. The molecule has 0 bridgehead atoms. The summed E-state index contributed by atoms with van der Waals surface area (Å²) in [4.78, 5) is 17.2. The molecule has 1 aliphatic heterocycles. The van der Waals surface area contributed by atoms with Crippen molar-refractivity contribution in [2.45, 2.75) is 0 Å². The molecule has 0 saturated carbocycles. The summed E-state index contributed by atoms with van der Waals surface area (Å²) in [5.41, 5.74) is 1.41. The molecular formula is C19H17ClN2O4S. The van der Waals surface area contributed by atoms with Crippen LogP contribution in [0.2, 0.25) is 5.02 Å². The van der Waals surface area contributed by atoms with E-state index >= 15 is 0 Å². The fourth-order valence-corrected chi connectivity index (χ4v) is 3.51. The van der Waals surface area contributed by atoms with Crippen LogP contribution in [0.4, 0.5) is 5.69 Å². The molecule has 0 aliphatic carbocycles. The van der Waals surface area contributed by atoms with Gasteiger partial charge in [0.2, 0.25) is 5.75 Å². The normalized spacial score (nSPS) is 16.5. The molecule has 0 radical (unpaired) electrons. The van der Waals surface area contributed by atoms with E-state index in [0.29, 0.717) is 38.0 Å². The molecule has 1 amide bonds. The maximum absolute atomic E-state index is 12.3. The number of rotatable bonds is 5. The van der Waals surface area contributed by atoms with Gasteiger partial charge in [-0.2, -0.15) is 0 Å². The average molecular weight is 405 g/mol. The Bertz CT molecular complexity index is 918. The number of nitrogens with zero attached hydrogens (tertiary/aromatic N) is 1. The van der Waals surface area contributed by atoms with Crippen molar-refractivity contribution in [2.75, 3.05) is 21.3 Å². The lowest BCUT2D eigenvalue weighted by Gasteiger charge is -2.12. The lowest BCUT2D eigenvalue weighted by atomic mass is 10.1. The van der Waals surface area contributed by atoms with Crippen LogP contribution in [0.3, 0.4) is 0 Å². The van der Waals surface area contributed by atoms with Crippen LogP contribution in [0.5, 0.6) is 17.2 Å². The van der Waals surface area contributed by atoms with Gasteiger partial charge in [-0.1, -0.05) is 17.7 Å². The molecule has 3 rings (SSSR count). The van der Waals surface area contributed by atoms with Crippen LogP contribution in [-0.2, 0) is 4.79 Å². The summed E-state index contributed by atoms with van der Waals surface area (Å²) in [5, 5.41) is 3.82. The van der Waals surface area contributed by atoms with Crippen LogP contribution in [-0.4, -0.2) is 32.4 Å². The number of amidine groups is 1. The second-order valence-corrected chi connectivity index (χ2v) is 6.89. The Labute approximate surface area is 166 Å². The van der Waals surface area contributed by atoms with E-state index in [1.807, 2.05) is 6.07 Å². The van der Waals surface area contributed by atoms with Gasteiger partial charge in [-0.3, -0.25) is 4.79 Å². The molecule has 1 heterocycles. The molecule has 2 aromatic carbocycles. The van der Waals surface area contributed by atoms with Crippen molar-refractivity contribution in [3.63, 3.8) is 0 Å². The third-order valence-electron chi connectivity index (χ3n) is 3.67. The minimum Gasteiger partial charge on any atom is -0.493 e. The Hall–Kier alpha value is -2.64. The summed E-state index contributed by atoms with van der Waals surface area (Å²) in [5.74, 6) is 1.29. The second kappa shape index (κ2) is 8.37. The maximum Gasteiger partial charge on any atom is 0.264 e. The fraction of sp³-hybridized carbons (Fsp3) is 0.158. The van der Waals surface area contributed by atoms with Gasteiger partial charge < -0.3 is 19.5 Å². The van der Waals surface area contributed by atoms with Crippen LogP contribution < -0.4 is 19.5 Å². The Balaban J connectivity index is 1.90. The van der Waals surface area contributed by atoms with Crippen molar-refractivity contribution in [1.82, 2.24) is 5.32 Å². The fourth-order valence-electron chi connectivity index (χ4n) is 2.48. The predicted molar refractivity (Wildman–Crippen MR) is 108 cm³/mol. The molecule has 2 aromatic rings. The molecule has 0 aromatic heterocycles. The quantitative estimate of drug-likeness (QED) is 0.754. The first kappa shape index (κ1) is 19.1. The van der Waals surface area contributed by atoms with Gasteiger partial charge in [-0.25, -0.2) is 4.99 Å². The van der Waals surface area contributed by atoms with E-state index in [-0.39, 0.29) is 5.91 Å². The third-order valence-corrected chi connectivity index (χ3v) is 4.82. The van der Waals surface area contributed by atoms with Gasteiger partial charge in [0.15, 0.2) is 16.7 Å². The number of carbonyl (C=O) groups excluding carboxylic acids is 1. The van der Waals surface area contributed by atoms with E-state index in [9.17, 15) is 4.79 Å². The lowest BCUT2D eigenvalue weighted by molar-refractivity contribution is -0.115. The highest BCUT2D eigenvalue weighted by Crippen LogP contribution is 2.39.